The minimum atomic E-state index is -0.309. The van der Waals surface area contributed by atoms with Crippen molar-refractivity contribution in [2.45, 2.75) is 38.5 Å². The zero-order valence-electron chi connectivity index (χ0n) is 9.61. The van der Waals surface area contributed by atoms with Gasteiger partial charge in [-0.1, -0.05) is 19.4 Å². The molecule has 1 saturated carbocycles. The van der Waals surface area contributed by atoms with Gasteiger partial charge in [0.2, 0.25) is 0 Å². The van der Waals surface area contributed by atoms with E-state index in [2.05, 4.69) is 11.9 Å². The van der Waals surface area contributed by atoms with Crippen LogP contribution in [0.2, 0.25) is 0 Å². The van der Waals surface area contributed by atoms with Gasteiger partial charge in [0.1, 0.15) is 5.69 Å². The number of carbonyl (C=O) groups excluding carboxylic acids is 1. The second-order valence-corrected chi connectivity index (χ2v) is 4.24. The lowest BCUT2D eigenvalue weighted by atomic mass is 10.2. The van der Waals surface area contributed by atoms with E-state index in [9.17, 15) is 4.79 Å². The van der Waals surface area contributed by atoms with E-state index in [1.807, 2.05) is 6.07 Å². The number of aromatic nitrogens is 1. The van der Waals surface area contributed by atoms with E-state index in [0.29, 0.717) is 18.2 Å². The van der Waals surface area contributed by atoms with Gasteiger partial charge in [0.15, 0.2) is 0 Å². The van der Waals surface area contributed by atoms with Crippen LogP contribution in [0.1, 0.15) is 54.6 Å². The van der Waals surface area contributed by atoms with Crippen molar-refractivity contribution in [2.75, 3.05) is 6.61 Å². The lowest BCUT2D eigenvalue weighted by Crippen LogP contribution is -2.08. The first-order chi connectivity index (χ1) is 7.81. The molecule has 0 N–H and O–H groups in total. The quantitative estimate of drug-likeness (QED) is 0.564. The summed E-state index contributed by atoms with van der Waals surface area (Å²) in [4.78, 5) is 15.7. The topological polar surface area (TPSA) is 39.2 Å². The fourth-order valence-electron chi connectivity index (χ4n) is 1.57. The fraction of sp³-hybridized carbons (Fsp3) is 0.538. The highest BCUT2D eigenvalue weighted by molar-refractivity contribution is 5.87. The molecular weight excluding hydrogens is 202 g/mol. The number of pyridine rings is 1. The van der Waals surface area contributed by atoms with Crippen LogP contribution in [0, 0.1) is 0 Å². The Hall–Kier alpha value is -1.38. The third-order valence-corrected chi connectivity index (χ3v) is 2.78. The smallest absolute Gasteiger partial charge is 0.356 e. The Morgan fingerprint density at radius 2 is 2.31 bits per heavy atom. The third-order valence-electron chi connectivity index (χ3n) is 2.78. The highest BCUT2D eigenvalue weighted by atomic mass is 16.5. The molecule has 1 heterocycles. The minimum absolute atomic E-state index is 0.309. The van der Waals surface area contributed by atoms with Crippen LogP contribution in [0.3, 0.4) is 0 Å². The molecule has 16 heavy (non-hydrogen) atoms. The summed E-state index contributed by atoms with van der Waals surface area (Å²) >= 11 is 0. The predicted octanol–water partition coefficient (Wildman–Crippen LogP) is 2.92. The molecular formula is C13H17NO2. The van der Waals surface area contributed by atoms with Crippen molar-refractivity contribution in [1.29, 1.82) is 0 Å². The van der Waals surface area contributed by atoms with Crippen LogP contribution in [-0.2, 0) is 4.74 Å². The number of unbranched alkanes of at least 4 members (excludes halogenated alkanes) is 1. The summed E-state index contributed by atoms with van der Waals surface area (Å²) in [7, 11) is 0. The standard InChI is InChI=1S/C13H17NO2/c1-2-3-8-16-13(15)12-7-6-11(9-14-12)10-4-5-10/h6-7,9-10H,2-5,8H2,1H3. The van der Waals surface area contributed by atoms with E-state index in [-0.39, 0.29) is 5.97 Å². The molecule has 1 aromatic rings. The monoisotopic (exact) mass is 219 g/mol. The average Bonchev–Trinajstić information content (AvgIpc) is 3.13. The summed E-state index contributed by atoms with van der Waals surface area (Å²) in [5.74, 6) is 0.369. The Kier molecular flexibility index (Phi) is 3.54. The number of nitrogens with zero attached hydrogens (tertiary/aromatic N) is 1. The zero-order chi connectivity index (χ0) is 11.4. The Bertz CT molecular complexity index is 355. The summed E-state index contributed by atoms with van der Waals surface area (Å²) in [5.41, 5.74) is 1.66. The second-order valence-electron chi connectivity index (χ2n) is 4.24. The highest BCUT2D eigenvalue weighted by Crippen LogP contribution is 2.39. The molecule has 3 heteroatoms. The molecule has 1 aromatic heterocycles. The normalized spacial score (nSPS) is 14.8. The van der Waals surface area contributed by atoms with E-state index >= 15 is 0 Å². The van der Waals surface area contributed by atoms with Crippen molar-refractivity contribution < 1.29 is 9.53 Å². The largest absolute Gasteiger partial charge is 0.461 e. The summed E-state index contributed by atoms with van der Waals surface area (Å²) in [5, 5.41) is 0. The molecule has 0 amide bonds. The molecule has 1 aliphatic rings. The third kappa shape index (κ3) is 2.81. The lowest BCUT2D eigenvalue weighted by Gasteiger charge is -2.03. The molecule has 1 aliphatic carbocycles. The van der Waals surface area contributed by atoms with Crippen LogP contribution in [0.4, 0.5) is 0 Å². The Morgan fingerprint density at radius 3 is 2.88 bits per heavy atom. The molecule has 0 bridgehead atoms. The first-order valence-electron chi connectivity index (χ1n) is 5.94. The number of hydrogen-bond acceptors (Lipinski definition) is 3. The molecule has 0 aromatic carbocycles. The summed E-state index contributed by atoms with van der Waals surface area (Å²) in [6, 6.07) is 3.75. The van der Waals surface area contributed by atoms with Crippen LogP contribution in [0.25, 0.3) is 0 Å². The van der Waals surface area contributed by atoms with E-state index < -0.39 is 0 Å². The van der Waals surface area contributed by atoms with Gasteiger partial charge in [0, 0.05) is 6.20 Å². The minimum Gasteiger partial charge on any atom is -0.461 e. The summed E-state index contributed by atoms with van der Waals surface area (Å²) in [6.45, 7) is 2.55. The maximum atomic E-state index is 11.5. The van der Waals surface area contributed by atoms with Gasteiger partial charge in [-0.25, -0.2) is 9.78 Å². The highest BCUT2D eigenvalue weighted by Gasteiger charge is 2.23. The fourth-order valence-corrected chi connectivity index (χ4v) is 1.57. The lowest BCUT2D eigenvalue weighted by molar-refractivity contribution is 0.0493. The summed E-state index contributed by atoms with van der Waals surface area (Å²) in [6.07, 6.45) is 6.24. The van der Waals surface area contributed by atoms with Crippen LogP contribution < -0.4 is 0 Å². The number of rotatable bonds is 5. The van der Waals surface area contributed by atoms with E-state index in [0.717, 1.165) is 12.8 Å². The number of carbonyl (C=O) groups is 1. The molecule has 0 spiro atoms. The molecule has 0 unspecified atom stereocenters. The van der Waals surface area contributed by atoms with E-state index in [1.54, 1.807) is 12.3 Å². The number of esters is 1. The molecule has 3 nitrogen and oxygen atoms in total. The average molecular weight is 219 g/mol. The zero-order valence-corrected chi connectivity index (χ0v) is 9.61. The van der Waals surface area contributed by atoms with Gasteiger partial charge in [-0.3, -0.25) is 0 Å². The number of ether oxygens (including phenoxy) is 1. The SMILES string of the molecule is CCCCOC(=O)c1ccc(C2CC2)cn1. The van der Waals surface area contributed by atoms with Crippen molar-refractivity contribution in [3.8, 4) is 0 Å². The van der Waals surface area contributed by atoms with E-state index in [1.165, 1.54) is 18.4 Å². The van der Waals surface area contributed by atoms with Gasteiger partial charge in [-0.2, -0.15) is 0 Å². The van der Waals surface area contributed by atoms with E-state index in [4.69, 9.17) is 4.74 Å². The molecule has 0 saturated heterocycles. The Labute approximate surface area is 95.8 Å². The van der Waals surface area contributed by atoms with Gasteiger partial charge in [-0.05, 0) is 36.8 Å². The molecule has 2 rings (SSSR count). The van der Waals surface area contributed by atoms with Gasteiger partial charge in [-0.15, -0.1) is 0 Å². The molecule has 0 radical (unpaired) electrons. The van der Waals surface area contributed by atoms with Crippen molar-refractivity contribution >= 4 is 5.97 Å². The maximum Gasteiger partial charge on any atom is 0.356 e. The van der Waals surface area contributed by atoms with Crippen molar-refractivity contribution in [2.24, 2.45) is 0 Å². The van der Waals surface area contributed by atoms with Gasteiger partial charge < -0.3 is 4.74 Å². The number of hydrogen-bond donors (Lipinski definition) is 0. The molecule has 0 aliphatic heterocycles. The molecule has 86 valence electrons. The summed E-state index contributed by atoms with van der Waals surface area (Å²) < 4.78 is 5.08. The predicted molar refractivity (Wildman–Crippen MR) is 61.4 cm³/mol. The molecule has 1 fully saturated rings. The van der Waals surface area contributed by atoms with Crippen LogP contribution >= 0.6 is 0 Å². The van der Waals surface area contributed by atoms with Crippen LogP contribution in [0.5, 0.6) is 0 Å². The maximum absolute atomic E-state index is 11.5. The van der Waals surface area contributed by atoms with Crippen molar-refractivity contribution in [1.82, 2.24) is 4.98 Å². The van der Waals surface area contributed by atoms with Crippen LogP contribution in [0.15, 0.2) is 18.3 Å². The second kappa shape index (κ2) is 5.10. The first-order valence-corrected chi connectivity index (χ1v) is 5.94. The van der Waals surface area contributed by atoms with Gasteiger partial charge in [0.25, 0.3) is 0 Å². The van der Waals surface area contributed by atoms with Gasteiger partial charge in [0.05, 0.1) is 6.61 Å². The van der Waals surface area contributed by atoms with Crippen LogP contribution in [-0.4, -0.2) is 17.6 Å². The Balaban J connectivity index is 1.90. The first kappa shape index (κ1) is 11.1. The van der Waals surface area contributed by atoms with Gasteiger partial charge >= 0.3 is 5.97 Å². The molecule has 0 atom stereocenters. The van der Waals surface area contributed by atoms with Crippen molar-refractivity contribution in [3.05, 3.63) is 29.6 Å². The Morgan fingerprint density at radius 1 is 1.50 bits per heavy atom. The van der Waals surface area contributed by atoms with Crippen molar-refractivity contribution in [3.63, 3.8) is 0 Å².